The Morgan fingerprint density at radius 2 is 1.76 bits per heavy atom. The molecular formula is C13H14F3NO3S. The lowest BCUT2D eigenvalue weighted by atomic mass is 9.95. The molecule has 8 heteroatoms. The molecule has 1 fully saturated rings. The lowest BCUT2D eigenvalue weighted by Gasteiger charge is -2.22. The Balaban J connectivity index is 2.18. The second-order valence-electron chi connectivity index (χ2n) is 4.96. The number of benzene rings is 1. The van der Waals surface area contributed by atoms with Gasteiger partial charge in [0.2, 0.25) is 10.0 Å². The molecule has 1 saturated carbocycles. The number of hydrogen-bond donors (Lipinski definition) is 1. The Morgan fingerprint density at radius 1 is 1.14 bits per heavy atom. The number of carbonyl (C=O) groups excluding carboxylic acids is 1. The summed E-state index contributed by atoms with van der Waals surface area (Å²) in [6.07, 6.45) is -3.28. The van der Waals surface area contributed by atoms with Crippen molar-refractivity contribution in [3.05, 3.63) is 29.8 Å². The van der Waals surface area contributed by atoms with Crippen LogP contribution in [0.4, 0.5) is 13.2 Å². The van der Waals surface area contributed by atoms with Crippen molar-refractivity contribution in [1.82, 2.24) is 4.72 Å². The largest absolute Gasteiger partial charge is 0.416 e. The van der Waals surface area contributed by atoms with Crippen molar-refractivity contribution in [3.8, 4) is 0 Å². The highest BCUT2D eigenvalue weighted by Gasteiger charge is 2.32. The van der Waals surface area contributed by atoms with Gasteiger partial charge in [-0.3, -0.25) is 4.79 Å². The monoisotopic (exact) mass is 321 g/mol. The number of sulfonamides is 1. The van der Waals surface area contributed by atoms with Crippen molar-refractivity contribution in [2.45, 2.75) is 42.8 Å². The first kappa shape index (κ1) is 16.0. The second-order valence-corrected chi connectivity index (χ2v) is 6.67. The maximum atomic E-state index is 12.6. The molecule has 1 aliphatic rings. The van der Waals surface area contributed by atoms with E-state index in [4.69, 9.17) is 0 Å². The fraction of sp³-hybridized carbons (Fsp3) is 0.462. The van der Waals surface area contributed by atoms with Crippen molar-refractivity contribution >= 4 is 15.8 Å². The second kappa shape index (κ2) is 5.76. The Labute approximate surface area is 120 Å². The summed E-state index contributed by atoms with van der Waals surface area (Å²) in [5.41, 5.74) is -1.01. The number of nitrogens with one attached hydrogen (secondary N) is 1. The smallest absolute Gasteiger partial charge is 0.300 e. The number of hydrogen-bond acceptors (Lipinski definition) is 3. The van der Waals surface area contributed by atoms with Gasteiger partial charge in [-0.25, -0.2) is 13.1 Å². The average Bonchev–Trinajstić information content (AvgIpc) is 2.40. The third kappa shape index (κ3) is 4.04. The molecule has 0 radical (unpaired) electrons. The number of rotatable bonds is 3. The topological polar surface area (TPSA) is 63.2 Å². The molecule has 1 aromatic carbocycles. The highest BCUT2D eigenvalue weighted by Crippen LogP contribution is 2.30. The normalized spacial score (nSPS) is 18.0. The summed E-state index contributed by atoms with van der Waals surface area (Å²) in [4.78, 5) is 10.7. The van der Waals surface area contributed by atoms with Crippen LogP contribution in [0.3, 0.4) is 0 Å². The molecule has 1 aromatic rings. The molecule has 4 nitrogen and oxygen atoms in total. The van der Waals surface area contributed by atoms with E-state index in [0.717, 1.165) is 18.2 Å². The zero-order chi connectivity index (χ0) is 15.7. The van der Waals surface area contributed by atoms with Crippen molar-refractivity contribution in [3.63, 3.8) is 0 Å². The summed E-state index contributed by atoms with van der Waals surface area (Å²) in [6.45, 7) is 0. The molecule has 0 amide bonds. The maximum Gasteiger partial charge on any atom is 0.416 e. The van der Waals surface area contributed by atoms with Gasteiger partial charge in [-0.15, -0.1) is 0 Å². The zero-order valence-electron chi connectivity index (χ0n) is 11.0. The standard InChI is InChI=1S/C13H14F3NO3S/c14-13(15,16)9-2-1-3-12(8-9)21(19,20)17-10-4-6-11(18)7-5-10/h1-3,8,10,17H,4-7H2. The van der Waals surface area contributed by atoms with Crippen LogP contribution in [0, 0.1) is 0 Å². The third-order valence-corrected chi connectivity index (χ3v) is 4.85. The van der Waals surface area contributed by atoms with E-state index in [0.29, 0.717) is 18.9 Å². The first-order valence-electron chi connectivity index (χ1n) is 6.40. The number of alkyl halides is 3. The molecule has 116 valence electrons. The molecule has 0 spiro atoms. The zero-order valence-corrected chi connectivity index (χ0v) is 11.8. The quantitative estimate of drug-likeness (QED) is 0.930. The Morgan fingerprint density at radius 3 is 2.33 bits per heavy atom. The Kier molecular flexibility index (Phi) is 4.38. The number of Topliss-reactive ketones (excluding diaryl/α,β-unsaturated/α-hetero) is 1. The van der Waals surface area contributed by atoms with Crippen LogP contribution in [0.5, 0.6) is 0 Å². The van der Waals surface area contributed by atoms with E-state index in [1.165, 1.54) is 0 Å². The summed E-state index contributed by atoms with van der Waals surface area (Å²) in [5.74, 6) is 0.0736. The van der Waals surface area contributed by atoms with E-state index in [1.807, 2.05) is 0 Å². The molecule has 1 N–H and O–H groups in total. The van der Waals surface area contributed by atoms with Gasteiger partial charge in [0.05, 0.1) is 10.5 Å². The fourth-order valence-electron chi connectivity index (χ4n) is 2.18. The van der Waals surface area contributed by atoms with Crippen LogP contribution in [0.2, 0.25) is 0 Å². The van der Waals surface area contributed by atoms with Crippen LogP contribution in [0.15, 0.2) is 29.2 Å². The van der Waals surface area contributed by atoms with Crippen molar-refractivity contribution in [2.75, 3.05) is 0 Å². The van der Waals surface area contributed by atoms with Gasteiger partial charge in [-0.1, -0.05) is 6.07 Å². The van der Waals surface area contributed by atoms with E-state index in [1.54, 1.807) is 0 Å². The minimum Gasteiger partial charge on any atom is -0.300 e. The van der Waals surface area contributed by atoms with Crippen LogP contribution in [0.25, 0.3) is 0 Å². The first-order valence-corrected chi connectivity index (χ1v) is 7.88. The molecule has 2 rings (SSSR count). The number of ketones is 1. The summed E-state index contributed by atoms with van der Waals surface area (Å²) < 4.78 is 64.4. The van der Waals surface area contributed by atoms with Crippen LogP contribution in [-0.2, 0) is 21.0 Å². The SMILES string of the molecule is O=C1CCC(NS(=O)(=O)c2cccc(C(F)(F)F)c2)CC1. The lowest BCUT2D eigenvalue weighted by molar-refractivity contribution is -0.137. The first-order chi connectivity index (χ1) is 9.68. The predicted octanol–water partition coefficient (Wildman–Crippen LogP) is 2.50. The van der Waals surface area contributed by atoms with Gasteiger partial charge in [-0.05, 0) is 31.0 Å². The minimum atomic E-state index is -4.59. The molecule has 0 bridgehead atoms. The van der Waals surface area contributed by atoms with Crippen LogP contribution in [-0.4, -0.2) is 20.2 Å². The highest BCUT2D eigenvalue weighted by molar-refractivity contribution is 7.89. The van der Waals surface area contributed by atoms with Gasteiger partial charge < -0.3 is 0 Å². The maximum absolute atomic E-state index is 12.6. The average molecular weight is 321 g/mol. The van der Waals surface area contributed by atoms with E-state index < -0.39 is 32.7 Å². The van der Waals surface area contributed by atoms with Gasteiger partial charge >= 0.3 is 6.18 Å². The molecule has 0 heterocycles. The summed E-state index contributed by atoms with van der Waals surface area (Å²) in [6, 6.07) is 3.18. The molecule has 0 saturated heterocycles. The van der Waals surface area contributed by atoms with Crippen molar-refractivity contribution in [1.29, 1.82) is 0 Å². The van der Waals surface area contributed by atoms with Gasteiger partial charge in [0.25, 0.3) is 0 Å². The summed E-state index contributed by atoms with van der Waals surface area (Å²) in [7, 11) is -4.02. The third-order valence-electron chi connectivity index (χ3n) is 3.34. The minimum absolute atomic E-state index is 0.0736. The molecule has 1 aliphatic carbocycles. The summed E-state index contributed by atoms with van der Waals surface area (Å²) >= 11 is 0. The van der Waals surface area contributed by atoms with Gasteiger partial charge in [0.15, 0.2) is 0 Å². The molecule has 0 atom stereocenters. The van der Waals surface area contributed by atoms with Crippen molar-refractivity contribution < 1.29 is 26.4 Å². The van der Waals surface area contributed by atoms with E-state index in [-0.39, 0.29) is 18.6 Å². The number of halogens is 3. The van der Waals surface area contributed by atoms with Crippen LogP contribution >= 0.6 is 0 Å². The van der Waals surface area contributed by atoms with Gasteiger partial charge in [0, 0.05) is 18.9 Å². The molecule has 0 unspecified atom stereocenters. The highest BCUT2D eigenvalue weighted by atomic mass is 32.2. The van der Waals surface area contributed by atoms with Gasteiger partial charge in [0.1, 0.15) is 5.78 Å². The number of carbonyl (C=O) groups is 1. The van der Waals surface area contributed by atoms with Crippen LogP contribution in [0.1, 0.15) is 31.2 Å². The van der Waals surface area contributed by atoms with E-state index >= 15 is 0 Å². The summed E-state index contributed by atoms with van der Waals surface area (Å²) in [5, 5.41) is 0. The lowest BCUT2D eigenvalue weighted by Crippen LogP contribution is -2.37. The molecule has 0 aliphatic heterocycles. The molecule has 21 heavy (non-hydrogen) atoms. The van der Waals surface area contributed by atoms with Crippen molar-refractivity contribution in [2.24, 2.45) is 0 Å². The van der Waals surface area contributed by atoms with Crippen LogP contribution < -0.4 is 4.72 Å². The Bertz CT molecular complexity index is 630. The molecular weight excluding hydrogens is 307 g/mol. The Hall–Kier alpha value is -1.41. The fourth-order valence-corrected chi connectivity index (χ4v) is 3.54. The predicted molar refractivity (Wildman–Crippen MR) is 69.0 cm³/mol. The van der Waals surface area contributed by atoms with E-state index in [9.17, 15) is 26.4 Å². The van der Waals surface area contributed by atoms with E-state index in [2.05, 4.69) is 4.72 Å². The molecule has 0 aromatic heterocycles. The van der Waals surface area contributed by atoms with Gasteiger partial charge in [-0.2, -0.15) is 13.2 Å².